The lowest BCUT2D eigenvalue weighted by atomic mass is 9.88. The van der Waals surface area contributed by atoms with Crippen molar-refractivity contribution in [3.8, 4) is 0 Å². The Morgan fingerprint density at radius 3 is 2.35 bits per heavy atom. The first-order valence-corrected chi connectivity index (χ1v) is 7.74. The van der Waals surface area contributed by atoms with Gasteiger partial charge in [-0.2, -0.15) is 5.10 Å². The van der Waals surface area contributed by atoms with Gasteiger partial charge in [0.1, 0.15) is 0 Å². The lowest BCUT2D eigenvalue weighted by molar-refractivity contribution is -0.130. The van der Waals surface area contributed by atoms with E-state index in [-0.39, 0.29) is 5.54 Å². The van der Waals surface area contributed by atoms with E-state index >= 15 is 0 Å². The number of carbonyl (C=O) groups is 1. The first-order valence-electron chi connectivity index (χ1n) is 7.74. The summed E-state index contributed by atoms with van der Waals surface area (Å²) in [6.07, 6.45) is 1.31. The zero-order valence-corrected chi connectivity index (χ0v) is 13.9. The van der Waals surface area contributed by atoms with Crippen molar-refractivity contribution in [3.05, 3.63) is 17.5 Å². The first kappa shape index (κ1) is 16.9. The maximum absolute atomic E-state index is 12.8. The number of aromatic nitrogens is 2. The Hall–Kier alpha value is -1.16. The molecule has 4 nitrogen and oxygen atoms in total. The number of hydrogen-bond donors (Lipinski definition) is 0. The molecular weight excluding hydrogens is 250 g/mol. The summed E-state index contributed by atoms with van der Waals surface area (Å²) in [4.78, 5) is 15.1. The van der Waals surface area contributed by atoms with Crippen molar-refractivity contribution in [3.63, 3.8) is 0 Å². The van der Waals surface area contributed by atoms with E-state index in [2.05, 4.69) is 44.6 Å². The van der Waals surface area contributed by atoms with Gasteiger partial charge in [0.2, 0.25) is 0 Å². The second kappa shape index (κ2) is 7.02. The fourth-order valence-corrected chi connectivity index (χ4v) is 2.89. The molecule has 1 rings (SSSR count). The minimum Gasteiger partial charge on any atom is -0.297 e. The summed E-state index contributed by atoms with van der Waals surface area (Å²) < 4.78 is 1.94. The van der Waals surface area contributed by atoms with Gasteiger partial charge >= 0.3 is 0 Å². The normalized spacial score (nSPS) is 14.6. The van der Waals surface area contributed by atoms with E-state index < -0.39 is 0 Å². The van der Waals surface area contributed by atoms with Crippen LogP contribution in [0.2, 0.25) is 0 Å². The third-order valence-electron chi connectivity index (χ3n) is 4.38. The minimum absolute atomic E-state index is 0.290. The molecule has 0 spiro atoms. The van der Waals surface area contributed by atoms with Crippen molar-refractivity contribution in [1.82, 2.24) is 14.7 Å². The van der Waals surface area contributed by atoms with Crippen molar-refractivity contribution >= 4 is 5.78 Å². The quantitative estimate of drug-likeness (QED) is 0.734. The molecule has 0 aromatic carbocycles. The smallest absolute Gasteiger partial charge is 0.158 e. The van der Waals surface area contributed by atoms with E-state index in [0.29, 0.717) is 12.2 Å². The Labute approximate surface area is 123 Å². The van der Waals surface area contributed by atoms with E-state index in [0.717, 1.165) is 37.4 Å². The van der Waals surface area contributed by atoms with E-state index in [4.69, 9.17) is 0 Å². The number of hydrogen-bond acceptors (Lipinski definition) is 3. The van der Waals surface area contributed by atoms with Gasteiger partial charge < -0.3 is 0 Å². The second-order valence-corrected chi connectivity index (χ2v) is 5.49. The van der Waals surface area contributed by atoms with Crippen LogP contribution < -0.4 is 0 Å². The van der Waals surface area contributed by atoms with Crippen LogP contribution in [0.1, 0.15) is 52.4 Å². The zero-order valence-electron chi connectivity index (χ0n) is 13.9. The molecule has 0 aliphatic carbocycles. The van der Waals surface area contributed by atoms with Crippen molar-refractivity contribution in [2.45, 2.75) is 66.5 Å². The molecule has 0 radical (unpaired) electrons. The number of likely N-dealkylation sites (N-methyl/N-ethyl adjacent to an activating group) is 1. The Morgan fingerprint density at radius 1 is 1.30 bits per heavy atom. The number of aryl methyl sites for hydroxylation is 2. The Bertz CT molecular complexity index is 449. The summed E-state index contributed by atoms with van der Waals surface area (Å²) in [7, 11) is 0. The largest absolute Gasteiger partial charge is 0.297 e. The fourth-order valence-electron chi connectivity index (χ4n) is 2.89. The molecule has 114 valence electrons. The van der Waals surface area contributed by atoms with Crippen molar-refractivity contribution < 1.29 is 4.79 Å². The Kier molecular flexibility index (Phi) is 5.93. The van der Waals surface area contributed by atoms with Gasteiger partial charge in [-0.05, 0) is 46.3 Å². The van der Waals surface area contributed by atoms with E-state index in [9.17, 15) is 4.79 Å². The van der Waals surface area contributed by atoms with Crippen LogP contribution in [0.3, 0.4) is 0 Å². The Balaban J connectivity index is 2.97. The van der Waals surface area contributed by atoms with Crippen LogP contribution in [0.5, 0.6) is 0 Å². The van der Waals surface area contributed by atoms with E-state index in [1.807, 2.05) is 17.7 Å². The molecule has 20 heavy (non-hydrogen) atoms. The molecule has 0 bridgehead atoms. The third kappa shape index (κ3) is 3.29. The van der Waals surface area contributed by atoms with Crippen LogP contribution in [-0.4, -0.2) is 39.1 Å². The van der Waals surface area contributed by atoms with Gasteiger partial charge in [0, 0.05) is 12.2 Å². The average Bonchev–Trinajstić information content (AvgIpc) is 2.79. The van der Waals surface area contributed by atoms with E-state index in [1.165, 1.54) is 0 Å². The lowest BCUT2D eigenvalue weighted by Crippen LogP contribution is -2.52. The highest BCUT2D eigenvalue weighted by molar-refractivity contribution is 5.89. The molecule has 4 heteroatoms. The third-order valence-corrected chi connectivity index (χ3v) is 4.38. The monoisotopic (exact) mass is 279 g/mol. The van der Waals surface area contributed by atoms with Crippen LogP contribution >= 0.6 is 0 Å². The number of ketones is 1. The Morgan fingerprint density at radius 2 is 1.90 bits per heavy atom. The van der Waals surface area contributed by atoms with Crippen LogP contribution in [-0.2, 0) is 17.8 Å². The average molecular weight is 279 g/mol. The summed E-state index contributed by atoms with van der Waals surface area (Å²) in [5.74, 6) is 0.290. The van der Waals surface area contributed by atoms with Crippen LogP contribution in [0.15, 0.2) is 6.07 Å². The number of nitrogens with zero attached hydrogens (tertiary/aromatic N) is 3. The molecule has 0 aliphatic rings. The highest BCUT2D eigenvalue weighted by Crippen LogP contribution is 2.22. The number of Topliss-reactive ketones (excluding diaryl/α,β-unsaturated/α-hetero) is 1. The number of rotatable bonds is 8. The van der Waals surface area contributed by atoms with Crippen LogP contribution in [0, 0.1) is 6.92 Å². The van der Waals surface area contributed by atoms with E-state index in [1.54, 1.807) is 0 Å². The SMILES string of the molecule is CCN(CC)C(C)(CC)C(=O)Cc1cc(C)nn1CC. The minimum atomic E-state index is -0.375. The molecule has 0 fully saturated rings. The molecule has 0 N–H and O–H groups in total. The maximum Gasteiger partial charge on any atom is 0.158 e. The van der Waals surface area contributed by atoms with Gasteiger partial charge in [-0.1, -0.05) is 20.8 Å². The standard InChI is InChI=1S/C16H29N3O/c1-7-16(6,18(8-2)9-3)15(20)12-14-11-13(5)17-19(14)10-4/h11H,7-10,12H2,1-6H3. The molecule has 1 atom stereocenters. The summed E-state index contributed by atoms with van der Waals surface area (Å²) in [6, 6.07) is 2.03. The molecule has 0 saturated carbocycles. The fraction of sp³-hybridized carbons (Fsp3) is 0.750. The molecule has 1 aromatic rings. The topological polar surface area (TPSA) is 38.1 Å². The van der Waals surface area contributed by atoms with Gasteiger partial charge in [-0.3, -0.25) is 14.4 Å². The first-order chi connectivity index (χ1) is 9.42. The van der Waals surface area contributed by atoms with Crippen LogP contribution in [0.4, 0.5) is 0 Å². The summed E-state index contributed by atoms with van der Waals surface area (Å²) in [5, 5.41) is 4.43. The lowest BCUT2D eigenvalue weighted by Gasteiger charge is -2.38. The maximum atomic E-state index is 12.8. The van der Waals surface area contributed by atoms with Gasteiger partial charge in [0.05, 0.1) is 17.7 Å². The second-order valence-electron chi connectivity index (χ2n) is 5.49. The van der Waals surface area contributed by atoms with Gasteiger partial charge in [-0.25, -0.2) is 0 Å². The van der Waals surface area contributed by atoms with Gasteiger partial charge in [0.25, 0.3) is 0 Å². The zero-order chi connectivity index (χ0) is 15.3. The predicted octanol–water partition coefficient (Wildman–Crippen LogP) is 2.83. The van der Waals surface area contributed by atoms with Crippen LogP contribution in [0.25, 0.3) is 0 Å². The molecule has 0 amide bonds. The number of carbonyl (C=O) groups excluding carboxylic acids is 1. The highest BCUT2D eigenvalue weighted by atomic mass is 16.1. The molecule has 1 unspecified atom stereocenters. The highest BCUT2D eigenvalue weighted by Gasteiger charge is 2.36. The summed E-state index contributed by atoms with van der Waals surface area (Å²) in [5.41, 5.74) is 1.64. The van der Waals surface area contributed by atoms with Gasteiger partial charge in [0.15, 0.2) is 5.78 Å². The molecular formula is C16H29N3O. The van der Waals surface area contributed by atoms with Crippen molar-refractivity contribution in [2.75, 3.05) is 13.1 Å². The predicted molar refractivity (Wildman–Crippen MR) is 83.0 cm³/mol. The van der Waals surface area contributed by atoms with Crippen molar-refractivity contribution in [1.29, 1.82) is 0 Å². The summed E-state index contributed by atoms with van der Waals surface area (Å²) in [6.45, 7) is 15.0. The summed E-state index contributed by atoms with van der Waals surface area (Å²) >= 11 is 0. The molecule has 0 aliphatic heterocycles. The molecule has 1 heterocycles. The molecule has 0 saturated heterocycles. The van der Waals surface area contributed by atoms with Gasteiger partial charge in [-0.15, -0.1) is 0 Å². The molecule has 1 aromatic heterocycles. The van der Waals surface area contributed by atoms with Crippen molar-refractivity contribution in [2.24, 2.45) is 0 Å².